The SMILES string of the molecule is CCNC(=O)NCc1cccc(-c2ccc([C@@H]3O[C@H](CN4CCC5(CC4)C(=O)NCN5c4ccccc4)[C@H](C)[C@H](c4ccc(CO)cc4)O3)cc2)c1. The van der Waals surface area contributed by atoms with Gasteiger partial charge < -0.3 is 40.3 Å². The van der Waals surface area contributed by atoms with Gasteiger partial charge in [0.2, 0.25) is 5.91 Å². The van der Waals surface area contributed by atoms with Crippen molar-refractivity contribution >= 4 is 17.6 Å². The summed E-state index contributed by atoms with van der Waals surface area (Å²) >= 11 is 0. The van der Waals surface area contributed by atoms with Crippen LogP contribution in [-0.2, 0) is 27.4 Å². The lowest BCUT2D eigenvalue weighted by Gasteiger charge is -2.46. The number of aliphatic hydroxyl groups is 1. The lowest BCUT2D eigenvalue weighted by Crippen LogP contribution is -2.57. The molecule has 10 nitrogen and oxygen atoms in total. The Bertz CT molecular complexity index is 1810. The van der Waals surface area contributed by atoms with Gasteiger partial charge in [0.15, 0.2) is 6.29 Å². The first-order valence-corrected chi connectivity index (χ1v) is 18.4. The van der Waals surface area contributed by atoms with E-state index >= 15 is 0 Å². The van der Waals surface area contributed by atoms with Gasteiger partial charge in [-0.15, -0.1) is 0 Å². The van der Waals surface area contributed by atoms with Crippen molar-refractivity contribution in [3.63, 3.8) is 0 Å². The molecule has 3 heterocycles. The van der Waals surface area contributed by atoms with Gasteiger partial charge in [-0.25, -0.2) is 4.79 Å². The van der Waals surface area contributed by atoms with E-state index in [1.807, 2.05) is 61.5 Å². The summed E-state index contributed by atoms with van der Waals surface area (Å²) < 4.78 is 13.6. The van der Waals surface area contributed by atoms with Crippen LogP contribution < -0.4 is 20.9 Å². The number of rotatable bonds is 10. The molecule has 4 aromatic rings. The number of benzene rings is 4. The van der Waals surface area contributed by atoms with Crippen molar-refractivity contribution in [2.45, 2.75) is 63.9 Å². The first-order valence-electron chi connectivity index (χ1n) is 18.4. The number of urea groups is 1. The molecule has 4 atom stereocenters. The highest BCUT2D eigenvalue weighted by Crippen LogP contribution is 2.43. The fraction of sp³-hybridized carbons (Fsp3) is 0.381. The maximum absolute atomic E-state index is 13.3. The molecule has 0 bridgehead atoms. The molecular weight excluding hydrogens is 654 g/mol. The van der Waals surface area contributed by atoms with Gasteiger partial charge in [-0.1, -0.05) is 91.9 Å². The van der Waals surface area contributed by atoms with Gasteiger partial charge in [-0.2, -0.15) is 0 Å². The molecule has 7 rings (SSSR count). The van der Waals surface area contributed by atoms with Gasteiger partial charge in [0.25, 0.3) is 0 Å². The minimum atomic E-state index is -0.573. The molecule has 10 heteroatoms. The monoisotopic (exact) mass is 703 g/mol. The lowest BCUT2D eigenvalue weighted by molar-refractivity contribution is -0.276. The molecule has 4 N–H and O–H groups in total. The van der Waals surface area contributed by atoms with Crippen LogP contribution >= 0.6 is 0 Å². The molecule has 3 aliphatic heterocycles. The number of likely N-dealkylation sites (tertiary alicyclic amines) is 1. The third-order valence-corrected chi connectivity index (χ3v) is 10.9. The van der Waals surface area contributed by atoms with Gasteiger partial charge in [0, 0.05) is 49.9 Å². The number of nitrogens with zero attached hydrogens (tertiary/aromatic N) is 2. The van der Waals surface area contributed by atoms with E-state index in [1.165, 1.54) is 0 Å². The summed E-state index contributed by atoms with van der Waals surface area (Å²) in [6, 6.07) is 34.5. The number of carbonyl (C=O) groups is 2. The maximum Gasteiger partial charge on any atom is 0.315 e. The highest BCUT2D eigenvalue weighted by molar-refractivity contribution is 5.93. The Kier molecular flexibility index (Phi) is 10.9. The molecular formula is C42H49N5O5. The average molecular weight is 704 g/mol. The Morgan fingerprint density at radius 3 is 2.31 bits per heavy atom. The Labute approximate surface area is 306 Å². The average Bonchev–Trinajstić information content (AvgIpc) is 3.50. The highest BCUT2D eigenvalue weighted by atomic mass is 16.7. The minimum absolute atomic E-state index is 0.00808. The van der Waals surface area contributed by atoms with Crippen molar-refractivity contribution in [3.05, 3.63) is 125 Å². The molecule has 3 saturated heterocycles. The van der Waals surface area contributed by atoms with Crippen LogP contribution in [0, 0.1) is 5.92 Å². The summed E-state index contributed by atoms with van der Waals surface area (Å²) in [6.45, 7) is 7.93. The zero-order valence-corrected chi connectivity index (χ0v) is 30.0. The fourth-order valence-electron chi connectivity index (χ4n) is 7.82. The third-order valence-electron chi connectivity index (χ3n) is 10.9. The number of anilines is 1. The van der Waals surface area contributed by atoms with Crippen molar-refractivity contribution in [2.75, 3.05) is 37.7 Å². The molecule has 0 radical (unpaired) electrons. The molecule has 52 heavy (non-hydrogen) atoms. The number of hydrogen-bond acceptors (Lipinski definition) is 7. The van der Waals surface area contributed by atoms with E-state index in [9.17, 15) is 14.7 Å². The molecule has 3 fully saturated rings. The smallest absolute Gasteiger partial charge is 0.315 e. The third kappa shape index (κ3) is 7.56. The summed E-state index contributed by atoms with van der Waals surface area (Å²) in [5.41, 5.74) is 6.51. The van der Waals surface area contributed by atoms with Crippen LogP contribution in [0.25, 0.3) is 11.1 Å². The number of amides is 3. The first kappa shape index (κ1) is 35.7. The number of carbonyl (C=O) groups excluding carboxylic acids is 2. The van der Waals surface area contributed by atoms with Gasteiger partial charge in [-0.3, -0.25) is 4.79 Å². The van der Waals surface area contributed by atoms with Crippen LogP contribution in [0.4, 0.5) is 10.5 Å². The van der Waals surface area contributed by atoms with Crippen molar-refractivity contribution in [2.24, 2.45) is 5.92 Å². The summed E-state index contributed by atoms with van der Waals surface area (Å²) in [6.07, 6.45) is 0.578. The van der Waals surface area contributed by atoms with E-state index in [2.05, 4.69) is 81.2 Å². The van der Waals surface area contributed by atoms with Crippen molar-refractivity contribution in [1.82, 2.24) is 20.9 Å². The normalized spacial score (nSPS) is 23.0. The standard InChI is InChI=1S/C42H49N5O5/c1-3-43-41(50)44-25-31-8-7-9-35(24-31)32-16-18-34(19-17-32)39-51-37(29(2)38(52-39)33-14-12-30(27-48)13-15-33)26-46-22-20-42(21-23-46)40(49)45-28-47(42)36-10-5-4-6-11-36/h4-19,24,29,37-39,48H,3,20-23,25-28H2,1-2H3,(H,45,49)(H2,43,44,50)/t29-,37+,38+,39+/m0/s1. The fourth-order valence-corrected chi connectivity index (χ4v) is 7.82. The molecule has 0 aromatic heterocycles. The number of hydrogen-bond donors (Lipinski definition) is 4. The van der Waals surface area contributed by atoms with Crippen molar-refractivity contribution in [3.8, 4) is 11.1 Å². The first-order chi connectivity index (χ1) is 25.4. The second kappa shape index (κ2) is 15.9. The zero-order chi connectivity index (χ0) is 36.1. The molecule has 272 valence electrons. The Morgan fingerprint density at radius 1 is 0.865 bits per heavy atom. The van der Waals surface area contributed by atoms with E-state index in [0.29, 0.717) is 19.8 Å². The lowest BCUT2D eigenvalue weighted by atomic mass is 9.84. The molecule has 4 aromatic carbocycles. The number of ether oxygens (including phenoxy) is 2. The molecule has 1 spiro atoms. The van der Waals surface area contributed by atoms with Gasteiger partial charge >= 0.3 is 6.03 Å². The predicted octanol–water partition coefficient (Wildman–Crippen LogP) is 5.88. The summed E-state index contributed by atoms with van der Waals surface area (Å²) in [4.78, 5) is 29.9. The Morgan fingerprint density at radius 2 is 1.60 bits per heavy atom. The maximum atomic E-state index is 13.3. The second-order valence-electron chi connectivity index (χ2n) is 14.1. The topological polar surface area (TPSA) is 115 Å². The zero-order valence-electron chi connectivity index (χ0n) is 30.0. The van der Waals surface area contributed by atoms with Crippen LogP contribution in [0.5, 0.6) is 0 Å². The number of piperidine rings is 1. The number of nitrogens with one attached hydrogen (secondary N) is 3. The minimum Gasteiger partial charge on any atom is -0.392 e. The Balaban J connectivity index is 1.07. The van der Waals surface area contributed by atoms with Gasteiger partial charge in [-0.05, 0) is 65.8 Å². The van der Waals surface area contributed by atoms with Gasteiger partial charge in [0.1, 0.15) is 5.54 Å². The van der Waals surface area contributed by atoms with Crippen LogP contribution in [0.3, 0.4) is 0 Å². The largest absolute Gasteiger partial charge is 0.392 e. The molecule has 0 aliphatic carbocycles. The number of para-hydroxylation sites is 1. The van der Waals surface area contributed by atoms with E-state index in [4.69, 9.17) is 9.47 Å². The van der Waals surface area contributed by atoms with Crippen molar-refractivity contribution in [1.29, 1.82) is 0 Å². The number of aliphatic hydroxyl groups excluding tert-OH is 1. The van der Waals surface area contributed by atoms with Crippen LogP contribution in [0.15, 0.2) is 103 Å². The quantitative estimate of drug-likeness (QED) is 0.163. The highest BCUT2D eigenvalue weighted by Gasteiger charge is 2.51. The van der Waals surface area contributed by atoms with Crippen molar-refractivity contribution < 1.29 is 24.2 Å². The molecule has 3 aliphatic rings. The summed E-state index contributed by atoms with van der Waals surface area (Å²) in [5, 5.41) is 18.4. The second-order valence-corrected chi connectivity index (χ2v) is 14.1. The van der Waals surface area contributed by atoms with E-state index in [1.54, 1.807) is 0 Å². The molecule has 0 saturated carbocycles. The molecule has 0 unspecified atom stereocenters. The van der Waals surface area contributed by atoms with Gasteiger partial charge in [0.05, 0.1) is 25.5 Å². The summed E-state index contributed by atoms with van der Waals surface area (Å²) in [7, 11) is 0. The van der Waals surface area contributed by atoms with Crippen LogP contribution in [0.1, 0.15) is 61.3 Å². The molecule has 3 amide bonds. The van der Waals surface area contributed by atoms with E-state index < -0.39 is 11.8 Å². The van der Waals surface area contributed by atoms with E-state index in [0.717, 1.165) is 71.5 Å². The summed E-state index contributed by atoms with van der Waals surface area (Å²) in [5.74, 6) is 0.169. The van der Waals surface area contributed by atoms with Crippen LogP contribution in [0.2, 0.25) is 0 Å². The predicted molar refractivity (Wildman–Crippen MR) is 201 cm³/mol. The van der Waals surface area contributed by atoms with E-state index in [-0.39, 0.29) is 36.7 Å². The Hall–Kier alpha value is -4.74. The van der Waals surface area contributed by atoms with Crippen LogP contribution in [-0.4, -0.2) is 66.4 Å².